The quantitative estimate of drug-likeness (QED) is 0.466. The van der Waals surface area contributed by atoms with Gasteiger partial charge in [0.2, 0.25) is 10.0 Å². The van der Waals surface area contributed by atoms with Crippen LogP contribution in [-0.2, 0) is 19.6 Å². The van der Waals surface area contributed by atoms with Gasteiger partial charge >= 0.3 is 5.97 Å². The third-order valence-corrected chi connectivity index (χ3v) is 8.58. The summed E-state index contributed by atoms with van der Waals surface area (Å²) in [7, 11) is -3.38. The fourth-order valence-corrected chi connectivity index (χ4v) is 8.10. The fourth-order valence-electron chi connectivity index (χ4n) is 3.11. The van der Waals surface area contributed by atoms with Crippen molar-refractivity contribution < 1.29 is 17.9 Å². The SMILES string of the molecule is CCCC[C@@H]1CC[C@@H](CC(=O)OC)N1S(=O)(=O)CC[Si](C)(C)C. The number of carbonyl (C=O) groups is 1. The molecule has 0 aromatic heterocycles. The van der Waals surface area contributed by atoms with Gasteiger partial charge in [0.05, 0.1) is 19.3 Å². The van der Waals surface area contributed by atoms with Gasteiger partial charge in [-0.15, -0.1) is 0 Å². The van der Waals surface area contributed by atoms with Crippen LogP contribution in [0.2, 0.25) is 25.7 Å². The zero-order valence-electron chi connectivity index (χ0n) is 15.3. The summed E-state index contributed by atoms with van der Waals surface area (Å²) in [6.07, 6.45) is 4.76. The second-order valence-electron chi connectivity index (χ2n) is 7.76. The molecule has 0 aromatic carbocycles. The molecule has 0 radical (unpaired) electrons. The third-order valence-electron chi connectivity index (χ3n) is 4.50. The van der Waals surface area contributed by atoms with Crippen molar-refractivity contribution in [1.82, 2.24) is 4.31 Å². The predicted octanol–water partition coefficient (Wildman–Crippen LogP) is 3.24. The predicted molar refractivity (Wildman–Crippen MR) is 96.7 cm³/mol. The molecule has 1 heterocycles. The van der Waals surface area contributed by atoms with E-state index >= 15 is 0 Å². The normalized spacial score (nSPS) is 23.2. The molecule has 7 heteroatoms. The van der Waals surface area contributed by atoms with Crippen molar-refractivity contribution in [2.24, 2.45) is 0 Å². The second-order valence-corrected chi connectivity index (χ2v) is 15.4. The van der Waals surface area contributed by atoms with E-state index in [0.29, 0.717) is 0 Å². The number of unbranched alkanes of at least 4 members (excludes halogenated alkanes) is 1. The van der Waals surface area contributed by atoms with Crippen molar-refractivity contribution in [2.45, 2.75) is 83.2 Å². The maximum absolute atomic E-state index is 12.9. The Balaban J connectivity index is 2.91. The van der Waals surface area contributed by atoms with E-state index < -0.39 is 18.1 Å². The Bertz CT molecular complexity index is 487. The summed E-state index contributed by atoms with van der Waals surface area (Å²) in [6, 6.07) is 0.587. The molecule has 0 bridgehead atoms. The summed E-state index contributed by atoms with van der Waals surface area (Å²) in [5.41, 5.74) is 0. The number of carbonyl (C=O) groups excluding carboxylic acids is 1. The molecule has 0 spiro atoms. The molecule has 1 saturated heterocycles. The lowest BCUT2D eigenvalue weighted by Crippen LogP contribution is -2.44. The lowest BCUT2D eigenvalue weighted by Gasteiger charge is -2.30. The molecule has 0 aliphatic carbocycles. The minimum absolute atomic E-state index is 0.0521. The van der Waals surface area contributed by atoms with E-state index in [0.717, 1.165) is 38.1 Å². The largest absolute Gasteiger partial charge is 0.469 e. The molecule has 1 aliphatic heterocycles. The van der Waals surface area contributed by atoms with Crippen LogP contribution >= 0.6 is 0 Å². The third kappa shape index (κ3) is 6.55. The van der Waals surface area contributed by atoms with E-state index in [-0.39, 0.29) is 30.2 Å². The smallest absolute Gasteiger partial charge is 0.307 e. The molecular formula is C16H33NO4SSi. The molecule has 0 saturated carbocycles. The van der Waals surface area contributed by atoms with Crippen molar-refractivity contribution in [2.75, 3.05) is 12.9 Å². The Labute approximate surface area is 142 Å². The number of methoxy groups -OCH3 is 1. The van der Waals surface area contributed by atoms with Gasteiger partial charge in [-0.25, -0.2) is 8.42 Å². The number of ether oxygens (including phenoxy) is 1. The molecule has 5 nitrogen and oxygen atoms in total. The first kappa shape index (κ1) is 20.6. The average molecular weight is 364 g/mol. The Morgan fingerprint density at radius 1 is 1.22 bits per heavy atom. The Morgan fingerprint density at radius 3 is 2.35 bits per heavy atom. The molecule has 1 aliphatic rings. The number of hydrogen-bond acceptors (Lipinski definition) is 4. The first-order valence-corrected chi connectivity index (χ1v) is 14.0. The summed E-state index contributed by atoms with van der Waals surface area (Å²) in [6.45, 7) is 8.68. The lowest BCUT2D eigenvalue weighted by molar-refractivity contribution is -0.141. The fraction of sp³-hybridized carbons (Fsp3) is 0.938. The molecule has 0 aromatic rings. The maximum atomic E-state index is 12.9. The van der Waals surface area contributed by atoms with E-state index in [9.17, 15) is 13.2 Å². The van der Waals surface area contributed by atoms with Gasteiger partial charge in [-0.05, 0) is 25.3 Å². The number of nitrogens with zero attached hydrogens (tertiary/aromatic N) is 1. The molecular weight excluding hydrogens is 330 g/mol. The number of rotatable bonds is 9. The number of hydrogen-bond donors (Lipinski definition) is 0. The highest BCUT2D eigenvalue weighted by molar-refractivity contribution is 7.89. The Morgan fingerprint density at radius 2 is 1.83 bits per heavy atom. The van der Waals surface area contributed by atoms with Crippen LogP contribution in [0.15, 0.2) is 0 Å². The van der Waals surface area contributed by atoms with Gasteiger partial charge in [0.15, 0.2) is 0 Å². The highest BCUT2D eigenvalue weighted by Crippen LogP contribution is 2.33. The highest BCUT2D eigenvalue weighted by atomic mass is 32.2. The van der Waals surface area contributed by atoms with Gasteiger partial charge in [0.1, 0.15) is 0 Å². The van der Waals surface area contributed by atoms with Crippen molar-refractivity contribution in [3.8, 4) is 0 Å². The van der Waals surface area contributed by atoms with E-state index in [4.69, 9.17) is 4.74 Å². The van der Waals surface area contributed by atoms with Gasteiger partial charge in [-0.1, -0.05) is 39.4 Å². The molecule has 2 atom stereocenters. The zero-order chi connectivity index (χ0) is 17.7. The first-order valence-electron chi connectivity index (χ1n) is 8.68. The van der Waals surface area contributed by atoms with Gasteiger partial charge in [0.25, 0.3) is 0 Å². The van der Waals surface area contributed by atoms with Crippen LogP contribution < -0.4 is 0 Å². The van der Waals surface area contributed by atoms with Crippen LogP contribution in [0.5, 0.6) is 0 Å². The molecule has 0 N–H and O–H groups in total. The van der Waals surface area contributed by atoms with Crippen LogP contribution in [0.25, 0.3) is 0 Å². The summed E-state index contributed by atoms with van der Waals surface area (Å²) < 4.78 is 32.3. The van der Waals surface area contributed by atoms with Crippen LogP contribution in [-0.4, -0.2) is 51.7 Å². The highest BCUT2D eigenvalue weighted by Gasteiger charge is 2.42. The molecule has 1 fully saturated rings. The van der Waals surface area contributed by atoms with E-state index in [1.807, 2.05) is 0 Å². The molecule has 136 valence electrons. The maximum Gasteiger partial charge on any atom is 0.307 e. The van der Waals surface area contributed by atoms with Crippen LogP contribution in [0.3, 0.4) is 0 Å². The first-order chi connectivity index (χ1) is 10.6. The minimum atomic E-state index is -3.32. The molecule has 23 heavy (non-hydrogen) atoms. The Hall–Kier alpha value is -0.403. The monoisotopic (exact) mass is 363 g/mol. The summed E-state index contributed by atoms with van der Waals surface area (Å²) in [4.78, 5) is 11.6. The summed E-state index contributed by atoms with van der Waals surface area (Å²) >= 11 is 0. The summed E-state index contributed by atoms with van der Waals surface area (Å²) in [5.74, 6) is -0.111. The van der Waals surface area contributed by atoms with Crippen molar-refractivity contribution in [1.29, 1.82) is 0 Å². The lowest BCUT2D eigenvalue weighted by atomic mass is 10.1. The average Bonchev–Trinajstić information content (AvgIpc) is 2.85. The molecule has 0 unspecified atom stereocenters. The number of esters is 1. The molecule has 1 rings (SSSR count). The van der Waals surface area contributed by atoms with Crippen molar-refractivity contribution in [3.63, 3.8) is 0 Å². The summed E-state index contributed by atoms with van der Waals surface area (Å²) in [5, 5.41) is 0. The minimum Gasteiger partial charge on any atom is -0.469 e. The van der Waals surface area contributed by atoms with Gasteiger partial charge in [-0.3, -0.25) is 4.79 Å². The number of sulfonamides is 1. The Kier molecular flexibility index (Phi) is 7.74. The van der Waals surface area contributed by atoms with Gasteiger partial charge in [0, 0.05) is 20.2 Å². The van der Waals surface area contributed by atoms with Crippen LogP contribution in [0, 0.1) is 0 Å². The van der Waals surface area contributed by atoms with Crippen LogP contribution in [0.4, 0.5) is 0 Å². The van der Waals surface area contributed by atoms with E-state index in [2.05, 4.69) is 26.6 Å². The van der Waals surface area contributed by atoms with Gasteiger partial charge < -0.3 is 4.74 Å². The van der Waals surface area contributed by atoms with E-state index in [1.165, 1.54) is 7.11 Å². The van der Waals surface area contributed by atoms with E-state index in [1.54, 1.807) is 4.31 Å². The van der Waals surface area contributed by atoms with Crippen LogP contribution in [0.1, 0.15) is 45.4 Å². The second kappa shape index (κ2) is 8.62. The topological polar surface area (TPSA) is 63.7 Å². The van der Waals surface area contributed by atoms with Gasteiger partial charge in [-0.2, -0.15) is 4.31 Å². The standard InChI is InChI=1S/C16H33NO4SSi/c1-6-7-8-14-9-10-15(13-16(18)21-2)17(14)22(19,20)11-12-23(3,4)5/h14-15H,6-13H2,1-5H3/t14-,15+/m1/s1. The van der Waals surface area contributed by atoms with Crippen molar-refractivity contribution in [3.05, 3.63) is 0 Å². The van der Waals surface area contributed by atoms with Crippen molar-refractivity contribution >= 4 is 24.1 Å². The zero-order valence-corrected chi connectivity index (χ0v) is 17.1. The molecule has 0 amide bonds.